The smallest absolute Gasteiger partial charge is 0.164 e. The maximum atomic E-state index is 12.4. The van der Waals surface area contributed by atoms with E-state index >= 15 is 0 Å². The Kier molecular flexibility index (Phi) is 1.76. The lowest BCUT2D eigenvalue weighted by atomic mass is 10.3. The molecule has 0 aliphatic heterocycles. The number of rotatable bonds is 1. The Morgan fingerprint density at radius 2 is 2.20 bits per heavy atom. The van der Waals surface area contributed by atoms with Crippen molar-refractivity contribution >= 4 is 5.69 Å². The summed E-state index contributed by atoms with van der Waals surface area (Å²) in [6.45, 7) is 0. The molecule has 54 valence electrons. The molecular formula is C7H8FNO. The first kappa shape index (κ1) is 6.86. The lowest BCUT2D eigenvalue weighted by Gasteiger charge is -1.99. The topological polar surface area (TPSA) is 32.3 Å². The van der Waals surface area contributed by atoms with Gasteiger partial charge in [0.15, 0.2) is 11.6 Å². The Balaban J connectivity index is 3.04. The van der Waals surface area contributed by atoms with Gasteiger partial charge < -0.3 is 10.4 Å². The molecule has 2 nitrogen and oxygen atoms in total. The lowest BCUT2D eigenvalue weighted by Crippen LogP contribution is -1.87. The molecule has 0 atom stereocenters. The van der Waals surface area contributed by atoms with E-state index in [1.54, 1.807) is 13.1 Å². The van der Waals surface area contributed by atoms with Gasteiger partial charge in [-0.15, -0.1) is 0 Å². The molecule has 0 radical (unpaired) electrons. The number of aromatic hydroxyl groups is 1. The van der Waals surface area contributed by atoms with Gasteiger partial charge in [-0.2, -0.15) is 0 Å². The van der Waals surface area contributed by atoms with Gasteiger partial charge in [0.05, 0.1) is 0 Å². The molecule has 0 unspecified atom stereocenters. The summed E-state index contributed by atoms with van der Waals surface area (Å²) in [5, 5.41) is 11.6. The van der Waals surface area contributed by atoms with Crippen LogP contribution in [0.3, 0.4) is 0 Å². The van der Waals surface area contributed by atoms with Gasteiger partial charge in [0.25, 0.3) is 0 Å². The van der Waals surface area contributed by atoms with E-state index in [-0.39, 0.29) is 5.75 Å². The van der Waals surface area contributed by atoms with E-state index < -0.39 is 5.82 Å². The van der Waals surface area contributed by atoms with Crippen LogP contribution in [0.2, 0.25) is 0 Å². The highest BCUT2D eigenvalue weighted by molar-refractivity contribution is 5.47. The molecular weight excluding hydrogens is 133 g/mol. The molecule has 0 aliphatic carbocycles. The predicted octanol–water partition coefficient (Wildman–Crippen LogP) is 1.57. The second-order valence-corrected chi connectivity index (χ2v) is 1.92. The molecule has 2 N–H and O–H groups in total. The first-order chi connectivity index (χ1) is 4.74. The third-order valence-corrected chi connectivity index (χ3v) is 1.23. The minimum absolute atomic E-state index is 0.327. The van der Waals surface area contributed by atoms with Crippen molar-refractivity contribution in [2.45, 2.75) is 0 Å². The summed E-state index contributed by atoms with van der Waals surface area (Å²) in [4.78, 5) is 0. The zero-order chi connectivity index (χ0) is 7.56. The van der Waals surface area contributed by atoms with Crippen molar-refractivity contribution in [1.29, 1.82) is 0 Å². The normalized spacial score (nSPS) is 9.40. The number of halogens is 1. The average Bonchev–Trinajstić information content (AvgIpc) is 1.95. The standard InChI is InChI=1S/C7H8FNO/c1-9-5-2-3-6(8)7(10)4-5/h2-4,9-10H,1H3. The maximum absolute atomic E-state index is 12.4. The molecule has 1 aromatic carbocycles. The molecule has 1 aromatic rings. The molecule has 0 fully saturated rings. The van der Waals surface area contributed by atoms with Crippen molar-refractivity contribution < 1.29 is 9.50 Å². The first-order valence-electron chi connectivity index (χ1n) is 2.90. The zero-order valence-corrected chi connectivity index (χ0v) is 5.56. The summed E-state index contributed by atoms with van der Waals surface area (Å²) < 4.78 is 12.4. The van der Waals surface area contributed by atoms with Gasteiger partial charge in [0.1, 0.15) is 0 Å². The minimum Gasteiger partial charge on any atom is -0.505 e. The van der Waals surface area contributed by atoms with E-state index in [9.17, 15) is 4.39 Å². The Bertz CT molecular complexity index is 237. The largest absolute Gasteiger partial charge is 0.505 e. The Labute approximate surface area is 58.3 Å². The molecule has 0 aliphatic rings. The van der Waals surface area contributed by atoms with Crippen molar-refractivity contribution in [3.05, 3.63) is 24.0 Å². The molecule has 0 bridgehead atoms. The van der Waals surface area contributed by atoms with E-state index in [4.69, 9.17) is 5.11 Å². The fourth-order valence-corrected chi connectivity index (χ4v) is 0.668. The molecule has 3 heteroatoms. The minimum atomic E-state index is -0.598. The maximum Gasteiger partial charge on any atom is 0.164 e. The third-order valence-electron chi connectivity index (χ3n) is 1.23. The number of phenolic OH excluding ortho intramolecular Hbond substituents is 1. The Morgan fingerprint density at radius 1 is 1.50 bits per heavy atom. The summed E-state index contributed by atoms with van der Waals surface area (Å²) in [6, 6.07) is 4.09. The molecule has 0 saturated carbocycles. The Morgan fingerprint density at radius 3 is 2.70 bits per heavy atom. The summed E-state index contributed by atoms with van der Waals surface area (Å²) in [6.07, 6.45) is 0. The van der Waals surface area contributed by atoms with Crippen LogP contribution in [0.4, 0.5) is 10.1 Å². The number of benzene rings is 1. The van der Waals surface area contributed by atoms with Crippen molar-refractivity contribution in [1.82, 2.24) is 0 Å². The fraction of sp³-hybridized carbons (Fsp3) is 0.143. The molecule has 1 rings (SSSR count). The molecule has 0 spiro atoms. The van der Waals surface area contributed by atoms with Crippen molar-refractivity contribution in [3.63, 3.8) is 0 Å². The summed E-state index contributed by atoms with van der Waals surface area (Å²) in [5.74, 6) is -0.925. The highest BCUT2D eigenvalue weighted by atomic mass is 19.1. The van der Waals surface area contributed by atoms with Crippen LogP contribution in [-0.4, -0.2) is 12.2 Å². The zero-order valence-electron chi connectivity index (χ0n) is 5.56. The van der Waals surface area contributed by atoms with Gasteiger partial charge in [-0.25, -0.2) is 4.39 Å². The average molecular weight is 141 g/mol. The number of hydrogen-bond donors (Lipinski definition) is 2. The van der Waals surface area contributed by atoms with E-state index in [1.165, 1.54) is 12.1 Å². The molecule has 10 heavy (non-hydrogen) atoms. The van der Waals surface area contributed by atoms with Crippen molar-refractivity contribution in [3.8, 4) is 5.75 Å². The number of nitrogens with one attached hydrogen (secondary N) is 1. The van der Waals surface area contributed by atoms with Crippen LogP contribution in [0, 0.1) is 5.82 Å². The van der Waals surface area contributed by atoms with Crippen LogP contribution in [-0.2, 0) is 0 Å². The molecule has 0 saturated heterocycles. The van der Waals surface area contributed by atoms with Gasteiger partial charge in [-0.3, -0.25) is 0 Å². The molecule has 0 heterocycles. The predicted molar refractivity (Wildman–Crippen MR) is 37.6 cm³/mol. The van der Waals surface area contributed by atoms with Crippen LogP contribution in [0.1, 0.15) is 0 Å². The van der Waals surface area contributed by atoms with Crippen molar-refractivity contribution in [2.75, 3.05) is 12.4 Å². The van der Waals surface area contributed by atoms with Gasteiger partial charge in [0, 0.05) is 18.8 Å². The Hall–Kier alpha value is -1.25. The lowest BCUT2D eigenvalue weighted by molar-refractivity contribution is 0.433. The highest BCUT2D eigenvalue weighted by Crippen LogP contribution is 2.19. The summed E-state index contributed by atoms with van der Waals surface area (Å²) >= 11 is 0. The van der Waals surface area contributed by atoms with Crippen LogP contribution in [0.25, 0.3) is 0 Å². The van der Waals surface area contributed by atoms with Crippen LogP contribution < -0.4 is 5.32 Å². The molecule has 0 aromatic heterocycles. The van der Waals surface area contributed by atoms with E-state index in [0.717, 1.165) is 0 Å². The van der Waals surface area contributed by atoms with Crippen LogP contribution in [0.15, 0.2) is 18.2 Å². The number of anilines is 1. The van der Waals surface area contributed by atoms with Crippen LogP contribution >= 0.6 is 0 Å². The van der Waals surface area contributed by atoms with Crippen molar-refractivity contribution in [2.24, 2.45) is 0 Å². The van der Waals surface area contributed by atoms with Gasteiger partial charge in [-0.05, 0) is 12.1 Å². The van der Waals surface area contributed by atoms with Gasteiger partial charge in [-0.1, -0.05) is 0 Å². The second kappa shape index (κ2) is 2.56. The van der Waals surface area contributed by atoms with E-state index in [0.29, 0.717) is 5.69 Å². The number of phenols is 1. The third kappa shape index (κ3) is 1.18. The quantitative estimate of drug-likeness (QED) is 0.622. The first-order valence-corrected chi connectivity index (χ1v) is 2.90. The van der Waals surface area contributed by atoms with Gasteiger partial charge in [0.2, 0.25) is 0 Å². The SMILES string of the molecule is CNc1ccc(F)c(O)c1. The summed E-state index contributed by atoms with van der Waals surface area (Å²) in [7, 11) is 1.70. The second-order valence-electron chi connectivity index (χ2n) is 1.92. The molecule has 0 amide bonds. The monoisotopic (exact) mass is 141 g/mol. The van der Waals surface area contributed by atoms with Crippen LogP contribution in [0.5, 0.6) is 5.75 Å². The number of hydrogen-bond acceptors (Lipinski definition) is 2. The fourth-order valence-electron chi connectivity index (χ4n) is 0.668. The summed E-state index contributed by atoms with van der Waals surface area (Å²) in [5.41, 5.74) is 0.693. The van der Waals surface area contributed by atoms with E-state index in [1.807, 2.05) is 0 Å². The van der Waals surface area contributed by atoms with E-state index in [2.05, 4.69) is 5.32 Å². The van der Waals surface area contributed by atoms with Gasteiger partial charge >= 0.3 is 0 Å². The highest BCUT2D eigenvalue weighted by Gasteiger charge is 1.98.